The van der Waals surface area contributed by atoms with E-state index in [4.69, 9.17) is 8.92 Å². The summed E-state index contributed by atoms with van der Waals surface area (Å²) in [4.78, 5) is 11.9. The van der Waals surface area contributed by atoms with Gasteiger partial charge in [0.25, 0.3) is 0 Å². The monoisotopic (exact) mass is 263 g/mol. The summed E-state index contributed by atoms with van der Waals surface area (Å²) in [6.45, 7) is 5.13. The fraction of sp³-hybridized carbons (Fsp3) is 0.900. The molecule has 17 heavy (non-hydrogen) atoms. The second-order valence-corrected chi connectivity index (χ2v) is 6.91. The summed E-state index contributed by atoms with van der Waals surface area (Å²) in [5.41, 5.74) is -0.719. The minimum absolute atomic E-state index is 0.0479. The van der Waals surface area contributed by atoms with Gasteiger partial charge in [-0.1, -0.05) is 0 Å². The predicted molar refractivity (Wildman–Crippen MR) is 59.5 cm³/mol. The number of amides is 1. The van der Waals surface area contributed by atoms with Crippen LogP contribution in [0.5, 0.6) is 0 Å². The smallest absolute Gasteiger partial charge is 0.426 e. The SMILES string of the molecule is CC(C)(C)OC(=O)N1[C@@H](C2CC2)COS1(=O)=O. The summed E-state index contributed by atoms with van der Waals surface area (Å²) in [5, 5.41) is 0. The van der Waals surface area contributed by atoms with E-state index in [1.807, 2.05) is 0 Å². The highest BCUT2D eigenvalue weighted by atomic mass is 32.2. The van der Waals surface area contributed by atoms with Crippen molar-refractivity contribution >= 4 is 16.4 Å². The highest BCUT2D eigenvalue weighted by molar-refractivity contribution is 7.85. The zero-order valence-corrected chi connectivity index (χ0v) is 11.0. The van der Waals surface area contributed by atoms with Gasteiger partial charge in [-0.25, -0.2) is 4.79 Å². The lowest BCUT2D eigenvalue weighted by Crippen LogP contribution is -2.43. The van der Waals surface area contributed by atoms with Crippen molar-refractivity contribution in [3.63, 3.8) is 0 Å². The van der Waals surface area contributed by atoms with E-state index in [1.54, 1.807) is 20.8 Å². The van der Waals surface area contributed by atoms with Crippen molar-refractivity contribution in [1.29, 1.82) is 0 Å². The summed E-state index contributed by atoms with van der Waals surface area (Å²) in [6.07, 6.45) is 1.03. The fourth-order valence-electron chi connectivity index (χ4n) is 1.79. The quantitative estimate of drug-likeness (QED) is 0.712. The van der Waals surface area contributed by atoms with Gasteiger partial charge in [-0.2, -0.15) is 12.7 Å². The lowest BCUT2D eigenvalue weighted by atomic mass is 10.2. The Morgan fingerprint density at radius 2 is 1.94 bits per heavy atom. The molecular formula is C10H17NO5S. The molecule has 0 radical (unpaired) electrons. The van der Waals surface area contributed by atoms with Crippen LogP contribution in [0.3, 0.4) is 0 Å². The van der Waals surface area contributed by atoms with Crippen molar-refractivity contribution in [2.75, 3.05) is 6.61 Å². The molecule has 0 spiro atoms. The van der Waals surface area contributed by atoms with Crippen molar-refractivity contribution in [2.24, 2.45) is 5.92 Å². The summed E-state index contributed by atoms with van der Waals surface area (Å²) < 4.78 is 33.8. The Kier molecular flexibility index (Phi) is 2.86. The molecule has 1 aliphatic heterocycles. The molecule has 1 heterocycles. The van der Waals surface area contributed by atoms with Crippen molar-refractivity contribution in [3.05, 3.63) is 0 Å². The number of ether oxygens (including phenoxy) is 1. The first-order chi connectivity index (χ1) is 7.71. The number of rotatable bonds is 1. The van der Waals surface area contributed by atoms with Crippen LogP contribution in [0, 0.1) is 5.92 Å². The van der Waals surface area contributed by atoms with Crippen LogP contribution in [0.1, 0.15) is 33.6 Å². The van der Waals surface area contributed by atoms with Crippen LogP contribution >= 0.6 is 0 Å². The average Bonchev–Trinajstić information content (AvgIpc) is 2.87. The highest BCUT2D eigenvalue weighted by Gasteiger charge is 2.50. The van der Waals surface area contributed by atoms with Crippen LogP contribution in [0.25, 0.3) is 0 Å². The molecule has 2 aliphatic rings. The fourth-order valence-corrected chi connectivity index (χ4v) is 3.00. The van der Waals surface area contributed by atoms with Gasteiger partial charge in [0.1, 0.15) is 5.60 Å². The molecule has 7 heteroatoms. The van der Waals surface area contributed by atoms with Crippen LogP contribution < -0.4 is 0 Å². The van der Waals surface area contributed by atoms with Gasteiger partial charge in [0, 0.05) is 0 Å². The van der Waals surface area contributed by atoms with E-state index in [9.17, 15) is 13.2 Å². The van der Waals surface area contributed by atoms with Gasteiger partial charge < -0.3 is 4.74 Å². The number of carbonyl (C=O) groups excluding carboxylic acids is 1. The molecule has 0 aromatic rings. The van der Waals surface area contributed by atoms with E-state index < -0.39 is 28.0 Å². The number of hydrogen-bond donors (Lipinski definition) is 0. The molecule has 1 atom stereocenters. The number of carbonyl (C=O) groups is 1. The van der Waals surface area contributed by atoms with Crippen molar-refractivity contribution in [1.82, 2.24) is 4.31 Å². The normalized spacial score (nSPS) is 28.2. The third-order valence-electron chi connectivity index (χ3n) is 2.67. The van der Waals surface area contributed by atoms with Gasteiger partial charge in [-0.05, 0) is 39.5 Å². The van der Waals surface area contributed by atoms with E-state index in [-0.39, 0.29) is 12.5 Å². The molecule has 98 valence electrons. The van der Waals surface area contributed by atoms with Gasteiger partial charge in [0.05, 0.1) is 12.6 Å². The number of nitrogens with zero attached hydrogens (tertiary/aromatic N) is 1. The molecule has 6 nitrogen and oxygen atoms in total. The third-order valence-corrected chi connectivity index (χ3v) is 4.01. The Morgan fingerprint density at radius 1 is 1.35 bits per heavy atom. The lowest BCUT2D eigenvalue weighted by Gasteiger charge is -2.25. The Balaban J connectivity index is 2.17. The molecule has 0 N–H and O–H groups in total. The first-order valence-electron chi connectivity index (χ1n) is 5.62. The van der Waals surface area contributed by atoms with Crippen molar-refractivity contribution < 1.29 is 22.1 Å². The Bertz CT molecular complexity index is 420. The topological polar surface area (TPSA) is 72.9 Å². The first kappa shape index (κ1) is 12.6. The summed E-state index contributed by atoms with van der Waals surface area (Å²) in [7, 11) is -3.95. The molecule has 0 bridgehead atoms. The number of hydrogen-bond acceptors (Lipinski definition) is 5. The van der Waals surface area contributed by atoms with Crippen LogP contribution in [0.15, 0.2) is 0 Å². The molecule has 0 aromatic heterocycles. The summed E-state index contributed by atoms with van der Waals surface area (Å²) in [5.74, 6) is 0.222. The minimum Gasteiger partial charge on any atom is -0.443 e. The predicted octanol–water partition coefficient (Wildman–Crippen LogP) is 1.28. The van der Waals surface area contributed by atoms with Gasteiger partial charge in [-0.15, -0.1) is 0 Å². The van der Waals surface area contributed by atoms with Gasteiger partial charge >= 0.3 is 16.4 Å². The van der Waals surface area contributed by atoms with Crippen LogP contribution in [-0.2, 0) is 19.2 Å². The first-order valence-corrected chi connectivity index (χ1v) is 6.99. The molecule has 1 aliphatic carbocycles. The van der Waals surface area contributed by atoms with E-state index in [0.29, 0.717) is 0 Å². The van der Waals surface area contributed by atoms with Gasteiger partial charge in [0.15, 0.2) is 0 Å². The van der Waals surface area contributed by atoms with E-state index in [2.05, 4.69) is 0 Å². The molecule has 1 saturated heterocycles. The molecule has 1 amide bonds. The molecule has 2 rings (SSSR count). The van der Waals surface area contributed by atoms with E-state index in [1.165, 1.54) is 0 Å². The second-order valence-electron chi connectivity index (χ2n) is 5.42. The molecule has 0 unspecified atom stereocenters. The van der Waals surface area contributed by atoms with E-state index >= 15 is 0 Å². The maximum absolute atomic E-state index is 11.9. The lowest BCUT2D eigenvalue weighted by molar-refractivity contribution is 0.0345. The molecule has 1 saturated carbocycles. The van der Waals surface area contributed by atoms with Crippen molar-refractivity contribution in [3.8, 4) is 0 Å². The standard InChI is InChI=1S/C10H17NO5S/c1-10(2,3)16-9(12)11-8(7-4-5-7)6-15-17(11,13)14/h7-8H,4-6H2,1-3H3/t8-/m1/s1. The Hall–Kier alpha value is -0.820. The van der Waals surface area contributed by atoms with Gasteiger partial charge in [-0.3, -0.25) is 4.18 Å². The summed E-state index contributed by atoms with van der Waals surface area (Å²) in [6, 6.07) is -0.394. The maximum Gasteiger partial charge on any atom is 0.426 e. The van der Waals surface area contributed by atoms with Gasteiger partial charge in [0.2, 0.25) is 0 Å². The largest absolute Gasteiger partial charge is 0.443 e. The third kappa shape index (κ3) is 2.71. The van der Waals surface area contributed by atoms with Crippen molar-refractivity contribution in [2.45, 2.75) is 45.3 Å². The zero-order valence-electron chi connectivity index (χ0n) is 10.2. The average molecular weight is 263 g/mol. The van der Waals surface area contributed by atoms with Crippen LogP contribution in [0.2, 0.25) is 0 Å². The highest BCUT2D eigenvalue weighted by Crippen LogP contribution is 2.40. The summed E-state index contributed by atoms with van der Waals surface area (Å²) >= 11 is 0. The Labute approximate surface area is 101 Å². The van der Waals surface area contributed by atoms with Crippen LogP contribution in [-0.4, -0.2) is 37.1 Å². The zero-order chi connectivity index (χ0) is 12.8. The molecule has 2 fully saturated rings. The Morgan fingerprint density at radius 3 is 2.41 bits per heavy atom. The van der Waals surface area contributed by atoms with E-state index in [0.717, 1.165) is 17.1 Å². The molecule has 0 aromatic carbocycles. The van der Waals surface area contributed by atoms with Crippen LogP contribution in [0.4, 0.5) is 4.79 Å². The molecular weight excluding hydrogens is 246 g/mol. The second kappa shape index (κ2) is 3.84. The minimum atomic E-state index is -3.95. The maximum atomic E-state index is 11.9.